The molecule has 0 rings (SSSR count). The van der Waals surface area contributed by atoms with Crippen LogP contribution in [0.5, 0.6) is 0 Å². The van der Waals surface area contributed by atoms with E-state index >= 15 is 0 Å². The van der Waals surface area contributed by atoms with Crippen molar-refractivity contribution in [2.75, 3.05) is 13.1 Å². The minimum Gasteiger partial charge on any atom is -0.391 e. The molecule has 6 heteroatoms. The molecular formula is C11H26N2O3S. The van der Waals surface area contributed by atoms with Crippen LogP contribution in [0.25, 0.3) is 0 Å². The molecule has 1 unspecified atom stereocenters. The van der Waals surface area contributed by atoms with Crippen molar-refractivity contribution >= 4 is 10.2 Å². The molecule has 0 aromatic rings. The molecule has 104 valence electrons. The molecule has 0 radical (unpaired) electrons. The normalized spacial score (nSPS) is 15.2. The molecule has 0 aromatic carbocycles. The SMILES string of the molecule is CCCN(CCC)S(=O)(=O)NC(C)(C)C(C)O. The van der Waals surface area contributed by atoms with Gasteiger partial charge in [0.05, 0.1) is 11.6 Å². The summed E-state index contributed by atoms with van der Waals surface area (Å²) in [6, 6.07) is 0. The zero-order valence-corrected chi connectivity index (χ0v) is 12.3. The van der Waals surface area contributed by atoms with Gasteiger partial charge in [0.1, 0.15) is 0 Å². The van der Waals surface area contributed by atoms with E-state index in [1.807, 2.05) is 13.8 Å². The van der Waals surface area contributed by atoms with Crippen molar-refractivity contribution in [3.63, 3.8) is 0 Å². The summed E-state index contributed by atoms with van der Waals surface area (Å²) in [5.74, 6) is 0. The molecule has 2 N–H and O–H groups in total. The molecule has 0 saturated carbocycles. The Labute approximate surface area is 105 Å². The average Bonchev–Trinajstić information content (AvgIpc) is 2.15. The summed E-state index contributed by atoms with van der Waals surface area (Å²) in [5.41, 5.74) is -0.863. The van der Waals surface area contributed by atoms with E-state index in [0.29, 0.717) is 13.1 Å². The number of rotatable bonds is 8. The first kappa shape index (κ1) is 16.8. The van der Waals surface area contributed by atoms with Crippen LogP contribution in [0.15, 0.2) is 0 Å². The van der Waals surface area contributed by atoms with Crippen molar-refractivity contribution < 1.29 is 13.5 Å². The van der Waals surface area contributed by atoms with Crippen molar-refractivity contribution in [3.8, 4) is 0 Å². The van der Waals surface area contributed by atoms with Gasteiger partial charge in [0.25, 0.3) is 10.2 Å². The maximum absolute atomic E-state index is 12.1. The first-order valence-corrected chi connectivity index (χ1v) is 7.58. The van der Waals surface area contributed by atoms with Gasteiger partial charge in [-0.1, -0.05) is 13.8 Å². The molecule has 0 saturated heterocycles. The molecule has 0 aliphatic rings. The molecule has 0 fully saturated rings. The second kappa shape index (κ2) is 6.68. The van der Waals surface area contributed by atoms with Crippen LogP contribution in [0.3, 0.4) is 0 Å². The minimum absolute atomic E-state index is 0.499. The van der Waals surface area contributed by atoms with Gasteiger partial charge in [-0.25, -0.2) is 0 Å². The van der Waals surface area contributed by atoms with Crippen molar-refractivity contribution in [2.45, 2.75) is 59.1 Å². The molecular weight excluding hydrogens is 240 g/mol. The topological polar surface area (TPSA) is 69.6 Å². The van der Waals surface area contributed by atoms with Crippen molar-refractivity contribution in [1.82, 2.24) is 9.03 Å². The summed E-state index contributed by atoms with van der Waals surface area (Å²) in [7, 11) is -3.53. The minimum atomic E-state index is -3.53. The van der Waals surface area contributed by atoms with Gasteiger partial charge in [-0.2, -0.15) is 17.4 Å². The summed E-state index contributed by atoms with van der Waals surface area (Å²) >= 11 is 0. The maximum Gasteiger partial charge on any atom is 0.280 e. The zero-order chi connectivity index (χ0) is 13.7. The maximum atomic E-state index is 12.1. The van der Waals surface area contributed by atoms with E-state index in [2.05, 4.69) is 4.72 Å². The lowest BCUT2D eigenvalue weighted by molar-refractivity contribution is 0.110. The Morgan fingerprint density at radius 2 is 1.65 bits per heavy atom. The van der Waals surface area contributed by atoms with Crippen LogP contribution < -0.4 is 4.72 Å². The number of hydrogen-bond donors (Lipinski definition) is 2. The van der Waals surface area contributed by atoms with Crippen LogP contribution in [0.4, 0.5) is 0 Å². The third kappa shape index (κ3) is 5.33. The Morgan fingerprint density at radius 1 is 1.24 bits per heavy atom. The van der Waals surface area contributed by atoms with Crippen LogP contribution >= 0.6 is 0 Å². The Hall–Kier alpha value is -0.170. The van der Waals surface area contributed by atoms with E-state index in [9.17, 15) is 13.5 Å². The number of nitrogens with zero attached hydrogens (tertiary/aromatic N) is 1. The largest absolute Gasteiger partial charge is 0.391 e. The predicted molar refractivity (Wildman–Crippen MR) is 70.0 cm³/mol. The van der Waals surface area contributed by atoms with Gasteiger partial charge < -0.3 is 5.11 Å². The van der Waals surface area contributed by atoms with Crippen LogP contribution in [0, 0.1) is 0 Å². The van der Waals surface area contributed by atoms with E-state index in [4.69, 9.17) is 0 Å². The quantitative estimate of drug-likeness (QED) is 0.691. The van der Waals surface area contributed by atoms with E-state index in [0.717, 1.165) is 12.8 Å². The third-order valence-electron chi connectivity index (χ3n) is 2.72. The Morgan fingerprint density at radius 3 is 1.94 bits per heavy atom. The van der Waals surface area contributed by atoms with Gasteiger partial charge in [0.2, 0.25) is 0 Å². The number of aliphatic hydroxyl groups excluding tert-OH is 1. The molecule has 0 spiro atoms. The second-order valence-electron chi connectivity index (χ2n) is 4.90. The lowest BCUT2D eigenvalue weighted by Crippen LogP contribution is -2.55. The van der Waals surface area contributed by atoms with Gasteiger partial charge in [0, 0.05) is 13.1 Å². The van der Waals surface area contributed by atoms with Crippen molar-refractivity contribution in [3.05, 3.63) is 0 Å². The molecule has 0 amide bonds. The number of nitrogens with one attached hydrogen (secondary N) is 1. The molecule has 5 nitrogen and oxygen atoms in total. The molecule has 0 bridgehead atoms. The van der Waals surface area contributed by atoms with Gasteiger partial charge in [0.15, 0.2) is 0 Å². The van der Waals surface area contributed by atoms with Gasteiger partial charge in [-0.05, 0) is 33.6 Å². The third-order valence-corrected chi connectivity index (χ3v) is 4.55. The van der Waals surface area contributed by atoms with Crippen LogP contribution in [0.1, 0.15) is 47.5 Å². The molecule has 0 heterocycles. The number of hydrogen-bond acceptors (Lipinski definition) is 3. The van der Waals surface area contributed by atoms with Crippen LogP contribution in [-0.4, -0.2) is 42.6 Å². The van der Waals surface area contributed by atoms with Gasteiger partial charge >= 0.3 is 0 Å². The number of aliphatic hydroxyl groups is 1. The van der Waals surface area contributed by atoms with Crippen molar-refractivity contribution in [2.24, 2.45) is 0 Å². The molecule has 17 heavy (non-hydrogen) atoms. The summed E-state index contributed by atoms with van der Waals surface area (Å²) in [4.78, 5) is 0. The standard InChI is InChI=1S/C11H26N2O3S/c1-6-8-13(9-7-2)17(15,16)12-11(4,5)10(3)14/h10,12,14H,6-9H2,1-5H3. The van der Waals surface area contributed by atoms with E-state index < -0.39 is 21.9 Å². The van der Waals surface area contributed by atoms with E-state index in [-0.39, 0.29) is 0 Å². The summed E-state index contributed by atoms with van der Waals surface area (Å²) in [6.07, 6.45) is 0.800. The smallest absolute Gasteiger partial charge is 0.280 e. The lowest BCUT2D eigenvalue weighted by atomic mass is 10.0. The summed E-state index contributed by atoms with van der Waals surface area (Å²) < 4.78 is 28.2. The first-order valence-electron chi connectivity index (χ1n) is 6.14. The summed E-state index contributed by atoms with van der Waals surface area (Å²) in [6.45, 7) is 9.80. The molecule has 0 aliphatic carbocycles. The average molecular weight is 266 g/mol. The second-order valence-corrected chi connectivity index (χ2v) is 6.57. The highest BCUT2D eigenvalue weighted by Crippen LogP contribution is 2.12. The Balaban J connectivity index is 4.85. The van der Waals surface area contributed by atoms with Crippen molar-refractivity contribution in [1.29, 1.82) is 0 Å². The fourth-order valence-corrected chi connectivity index (χ4v) is 3.14. The summed E-state index contributed by atoms with van der Waals surface area (Å²) in [5, 5.41) is 9.54. The van der Waals surface area contributed by atoms with Crippen LogP contribution in [-0.2, 0) is 10.2 Å². The van der Waals surface area contributed by atoms with Gasteiger partial charge in [-0.15, -0.1) is 0 Å². The Bertz CT molecular complexity index is 307. The zero-order valence-electron chi connectivity index (χ0n) is 11.5. The highest BCUT2D eigenvalue weighted by atomic mass is 32.2. The molecule has 1 atom stereocenters. The van der Waals surface area contributed by atoms with E-state index in [1.54, 1.807) is 20.8 Å². The molecule has 0 aromatic heterocycles. The molecule has 0 aliphatic heterocycles. The lowest BCUT2D eigenvalue weighted by Gasteiger charge is -2.32. The fourth-order valence-electron chi connectivity index (χ4n) is 1.33. The van der Waals surface area contributed by atoms with Gasteiger partial charge in [-0.3, -0.25) is 0 Å². The van der Waals surface area contributed by atoms with Crippen LogP contribution in [0.2, 0.25) is 0 Å². The predicted octanol–water partition coefficient (Wildman–Crippen LogP) is 1.10. The monoisotopic (exact) mass is 266 g/mol. The fraction of sp³-hybridized carbons (Fsp3) is 1.00. The van der Waals surface area contributed by atoms with E-state index in [1.165, 1.54) is 4.31 Å². The highest BCUT2D eigenvalue weighted by molar-refractivity contribution is 7.87. The Kier molecular flexibility index (Phi) is 6.61. The highest BCUT2D eigenvalue weighted by Gasteiger charge is 2.32. The first-order chi connectivity index (χ1) is 7.67.